The lowest BCUT2D eigenvalue weighted by molar-refractivity contribution is -0.132. The summed E-state index contributed by atoms with van der Waals surface area (Å²) in [7, 11) is 0. The normalized spacial score (nSPS) is 11.5. The number of hydrogen-bond donors (Lipinski definition) is 1. The minimum atomic E-state index is -0.901. The van der Waals surface area contributed by atoms with E-state index >= 15 is 0 Å². The molecule has 0 aliphatic rings. The molecule has 0 atom stereocenters. The summed E-state index contributed by atoms with van der Waals surface area (Å²) in [5.41, 5.74) is 1.14. The van der Waals surface area contributed by atoms with Crippen LogP contribution in [0.4, 0.5) is 0 Å². The van der Waals surface area contributed by atoms with Crippen LogP contribution in [0.5, 0.6) is 5.75 Å². The molecule has 0 saturated heterocycles. The van der Waals surface area contributed by atoms with Crippen LogP contribution in [0.3, 0.4) is 0 Å². The number of nitrogens with zero attached hydrogens (tertiary/aromatic N) is 1. The van der Waals surface area contributed by atoms with Crippen molar-refractivity contribution in [2.75, 3.05) is 6.61 Å². The SMILES string of the molecule is CCC(=CCOc1cccc2cccnc12)C(=O)O. The summed E-state index contributed by atoms with van der Waals surface area (Å²) in [5.74, 6) is -0.239. The third kappa shape index (κ3) is 3.10. The summed E-state index contributed by atoms with van der Waals surface area (Å²) in [6.45, 7) is 2.03. The summed E-state index contributed by atoms with van der Waals surface area (Å²) in [4.78, 5) is 15.1. The first-order chi connectivity index (χ1) is 9.22. The number of carboxylic acids is 1. The smallest absolute Gasteiger partial charge is 0.331 e. The Hall–Kier alpha value is -2.36. The number of aliphatic carboxylic acids is 1. The lowest BCUT2D eigenvalue weighted by atomic mass is 10.2. The molecule has 0 unspecified atom stereocenters. The topological polar surface area (TPSA) is 59.4 Å². The van der Waals surface area contributed by atoms with Crippen LogP contribution < -0.4 is 4.74 Å². The number of rotatable bonds is 5. The van der Waals surface area contributed by atoms with Crippen LogP contribution in [0.1, 0.15) is 13.3 Å². The van der Waals surface area contributed by atoms with Crippen LogP contribution in [0.25, 0.3) is 10.9 Å². The number of carbonyl (C=O) groups is 1. The Morgan fingerprint density at radius 3 is 2.89 bits per heavy atom. The van der Waals surface area contributed by atoms with Crippen molar-refractivity contribution in [3.05, 3.63) is 48.2 Å². The van der Waals surface area contributed by atoms with E-state index in [2.05, 4.69) is 4.98 Å². The van der Waals surface area contributed by atoms with Crippen molar-refractivity contribution in [1.29, 1.82) is 0 Å². The Balaban J connectivity index is 2.16. The number of carboxylic acid groups (broad SMARTS) is 1. The van der Waals surface area contributed by atoms with Crippen molar-refractivity contribution in [3.63, 3.8) is 0 Å². The molecule has 0 amide bonds. The predicted molar refractivity (Wildman–Crippen MR) is 73.2 cm³/mol. The maximum Gasteiger partial charge on any atom is 0.331 e. The van der Waals surface area contributed by atoms with E-state index in [1.54, 1.807) is 19.2 Å². The van der Waals surface area contributed by atoms with Gasteiger partial charge in [-0.3, -0.25) is 4.98 Å². The van der Waals surface area contributed by atoms with Crippen LogP contribution in [0.2, 0.25) is 0 Å². The van der Waals surface area contributed by atoms with E-state index in [1.165, 1.54) is 0 Å². The largest absolute Gasteiger partial charge is 0.487 e. The van der Waals surface area contributed by atoms with E-state index in [0.717, 1.165) is 10.9 Å². The molecule has 2 rings (SSSR count). The van der Waals surface area contributed by atoms with Crippen LogP contribution in [-0.4, -0.2) is 22.7 Å². The molecule has 1 N–H and O–H groups in total. The fraction of sp³-hybridized carbons (Fsp3) is 0.200. The Bertz CT molecular complexity index is 614. The number of aromatic nitrogens is 1. The average Bonchev–Trinajstić information content (AvgIpc) is 2.43. The molecule has 1 heterocycles. The summed E-state index contributed by atoms with van der Waals surface area (Å²) in [6.07, 6.45) is 3.77. The zero-order valence-corrected chi connectivity index (χ0v) is 10.7. The van der Waals surface area contributed by atoms with Gasteiger partial charge in [0.1, 0.15) is 17.9 Å². The molecule has 0 bridgehead atoms. The van der Waals surface area contributed by atoms with Gasteiger partial charge in [0, 0.05) is 17.2 Å². The van der Waals surface area contributed by atoms with Gasteiger partial charge in [-0.25, -0.2) is 4.79 Å². The maximum absolute atomic E-state index is 10.8. The van der Waals surface area contributed by atoms with Crippen molar-refractivity contribution in [3.8, 4) is 5.75 Å². The standard InChI is InChI=1S/C15H15NO3/c1-2-11(15(17)18)8-10-19-13-7-3-5-12-6-4-9-16-14(12)13/h3-9H,2,10H2,1H3,(H,17,18). The zero-order valence-electron chi connectivity index (χ0n) is 10.7. The zero-order chi connectivity index (χ0) is 13.7. The average molecular weight is 257 g/mol. The fourth-order valence-electron chi connectivity index (χ4n) is 1.81. The molecule has 0 spiro atoms. The Kier molecular flexibility index (Phi) is 4.13. The first-order valence-electron chi connectivity index (χ1n) is 6.11. The second kappa shape index (κ2) is 6.00. The summed E-state index contributed by atoms with van der Waals surface area (Å²) in [5, 5.41) is 9.90. The fourth-order valence-corrected chi connectivity index (χ4v) is 1.81. The van der Waals surface area contributed by atoms with Crippen LogP contribution in [0.15, 0.2) is 48.2 Å². The van der Waals surface area contributed by atoms with Crippen molar-refractivity contribution in [2.45, 2.75) is 13.3 Å². The summed E-state index contributed by atoms with van der Waals surface area (Å²) >= 11 is 0. The highest BCUT2D eigenvalue weighted by molar-refractivity contribution is 5.86. The third-order valence-corrected chi connectivity index (χ3v) is 2.82. The van der Waals surface area contributed by atoms with E-state index in [1.807, 2.05) is 30.3 Å². The van der Waals surface area contributed by atoms with Crippen LogP contribution in [0, 0.1) is 0 Å². The van der Waals surface area contributed by atoms with Gasteiger partial charge in [-0.15, -0.1) is 0 Å². The minimum Gasteiger partial charge on any atom is -0.487 e. The Morgan fingerprint density at radius 1 is 1.37 bits per heavy atom. The third-order valence-electron chi connectivity index (χ3n) is 2.82. The van der Waals surface area contributed by atoms with Gasteiger partial charge in [-0.1, -0.05) is 25.1 Å². The van der Waals surface area contributed by atoms with Gasteiger partial charge in [-0.05, 0) is 24.6 Å². The first kappa shape index (κ1) is 13.1. The highest BCUT2D eigenvalue weighted by Crippen LogP contribution is 2.22. The number of para-hydroxylation sites is 1. The van der Waals surface area contributed by atoms with Gasteiger partial charge >= 0.3 is 5.97 Å². The molecule has 0 aliphatic heterocycles. The Morgan fingerprint density at radius 2 is 2.16 bits per heavy atom. The molecule has 1 aromatic heterocycles. The Labute approximate surface area is 111 Å². The molecule has 0 radical (unpaired) electrons. The van der Waals surface area contributed by atoms with E-state index in [0.29, 0.717) is 17.7 Å². The molecular weight excluding hydrogens is 242 g/mol. The predicted octanol–water partition coefficient (Wildman–Crippen LogP) is 3.03. The van der Waals surface area contributed by atoms with Gasteiger partial charge in [-0.2, -0.15) is 0 Å². The number of fused-ring (bicyclic) bond motifs is 1. The molecule has 0 fully saturated rings. The lowest BCUT2D eigenvalue weighted by Gasteiger charge is -2.07. The number of hydrogen-bond acceptors (Lipinski definition) is 3. The molecule has 2 aromatic rings. The second-order valence-corrected chi connectivity index (χ2v) is 4.03. The van der Waals surface area contributed by atoms with Crippen LogP contribution >= 0.6 is 0 Å². The number of pyridine rings is 1. The van der Waals surface area contributed by atoms with Gasteiger partial charge in [0.05, 0.1) is 0 Å². The van der Waals surface area contributed by atoms with Crippen molar-refractivity contribution in [1.82, 2.24) is 4.98 Å². The number of ether oxygens (including phenoxy) is 1. The lowest BCUT2D eigenvalue weighted by Crippen LogP contribution is -2.03. The first-order valence-corrected chi connectivity index (χ1v) is 6.11. The van der Waals surface area contributed by atoms with E-state index in [4.69, 9.17) is 9.84 Å². The van der Waals surface area contributed by atoms with Gasteiger partial charge in [0.25, 0.3) is 0 Å². The summed E-state index contributed by atoms with van der Waals surface area (Å²) < 4.78 is 5.60. The molecule has 4 nitrogen and oxygen atoms in total. The molecule has 19 heavy (non-hydrogen) atoms. The highest BCUT2D eigenvalue weighted by Gasteiger charge is 2.05. The van der Waals surface area contributed by atoms with Gasteiger partial charge in [0.2, 0.25) is 0 Å². The molecule has 4 heteroatoms. The van der Waals surface area contributed by atoms with E-state index in [9.17, 15) is 4.79 Å². The van der Waals surface area contributed by atoms with E-state index < -0.39 is 5.97 Å². The number of benzene rings is 1. The van der Waals surface area contributed by atoms with Gasteiger partial charge in [0.15, 0.2) is 0 Å². The van der Waals surface area contributed by atoms with Gasteiger partial charge < -0.3 is 9.84 Å². The quantitative estimate of drug-likeness (QED) is 0.836. The van der Waals surface area contributed by atoms with Crippen molar-refractivity contribution in [2.24, 2.45) is 0 Å². The molecule has 1 aromatic carbocycles. The maximum atomic E-state index is 10.8. The molecular formula is C15H15NO3. The second-order valence-electron chi connectivity index (χ2n) is 4.03. The molecule has 0 aliphatic carbocycles. The summed E-state index contributed by atoms with van der Waals surface area (Å²) in [6, 6.07) is 9.50. The van der Waals surface area contributed by atoms with E-state index in [-0.39, 0.29) is 6.61 Å². The van der Waals surface area contributed by atoms with Crippen molar-refractivity contribution < 1.29 is 14.6 Å². The minimum absolute atomic E-state index is 0.227. The molecule has 98 valence electrons. The van der Waals surface area contributed by atoms with Crippen LogP contribution in [-0.2, 0) is 4.79 Å². The highest BCUT2D eigenvalue weighted by atomic mass is 16.5. The monoisotopic (exact) mass is 257 g/mol. The van der Waals surface area contributed by atoms with Crippen molar-refractivity contribution >= 4 is 16.9 Å². The molecule has 0 saturated carbocycles.